The van der Waals surface area contributed by atoms with Crippen LogP contribution in [0.2, 0.25) is 0 Å². The molecular formula is C19H14ClFO7. The highest BCUT2D eigenvalue weighted by Crippen LogP contribution is 2.46. The summed E-state index contributed by atoms with van der Waals surface area (Å²) in [5, 5.41) is 0. The molecule has 0 saturated heterocycles. The van der Waals surface area contributed by atoms with Crippen LogP contribution in [0.4, 0.5) is 4.39 Å². The molecule has 0 fully saturated rings. The molecule has 0 N–H and O–H groups in total. The molecule has 2 aliphatic heterocycles. The highest BCUT2D eigenvalue weighted by Gasteiger charge is 2.52. The van der Waals surface area contributed by atoms with E-state index in [0.29, 0.717) is 28.4 Å². The predicted molar refractivity (Wildman–Crippen MR) is 85.5 cm³/mol. The molecule has 1 atom stereocenters. The Balaban J connectivity index is 1.84. The Morgan fingerprint density at radius 1 is 1.11 bits per heavy atom. The molecule has 2 aromatic rings. The topological polar surface area (TPSA) is 106 Å². The largest absolute Gasteiger partial charge is 0.454 e. The zero-order valence-electron chi connectivity index (χ0n) is 14.5. The van der Waals surface area contributed by atoms with Crippen molar-refractivity contribution in [2.24, 2.45) is 0 Å². The molecule has 4 rings (SSSR count). The lowest BCUT2D eigenvalue weighted by Crippen LogP contribution is -2.64. The van der Waals surface area contributed by atoms with Crippen LogP contribution in [0, 0.1) is 16.1 Å². The van der Waals surface area contributed by atoms with Crippen molar-refractivity contribution in [2.45, 2.75) is 12.7 Å². The lowest BCUT2D eigenvalue weighted by Gasteiger charge is -2.32. The van der Waals surface area contributed by atoms with Gasteiger partial charge in [-0.05, 0) is 48.4 Å². The second-order valence-corrected chi connectivity index (χ2v) is 7.07. The smallest absolute Gasteiger partial charge is 0.408 e. The Morgan fingerprint density at radius 2 is 1.79 bits per heavy atom. The summed E-state index contributed by atoms with van der Waals surface area (Å²) in [7, 11) is -4.85. The summed E-state index contributed by atoms with van der Waals surface area (Å²) >= 11 is 0. The van der Waals surface area contributed by atoms with E-state index < -0.39 is 21.8 Å². The summed E-state index contributed by atoms with van der Waals surface area (Å²) in [5.41, 5.74) is 1.32. The molecule has 1 unspecified atom stereocenters. The van der Waals surface area contributed by atoms with E-state index >= 15 is 0 Å². The van der Waals surface area contributed by atoms with Crippen molar-refractivity contribution in [3.05, 3.63) is 70.7 Å². The van der Waals surface area contributed by atoms with Crippen LogP contribution in [0.25, 0.3) is 12.2 Å². The molecular weight excluding hydrogens is 395 g/mol. The molecule has 9 heteroatoms. The zero-order valence-corrected chi connectivity index (χ0v) is 15.3. The molecule has 2 aliphatic rings. The molecule has 0 bridgehead atoms. The lowest BCUT2D eigenvalue weighted by molar-refractivity contribution is -1.92. The molecule has 2 aromatic carbocycles. The van der Waals surface area contributed by atoms with Crippen molar-refractivity contribution in [1.82, 2.24) is 0 Å². The first-order valence-electron chi connectivity index (χ1n) is 8.12. The van der Waals surface area contributed by atoms with E-state index in [0.717, 1.165) is 0 Å². The third kappa shape index (κ3) is 3.68. The second kappa shape index (κ2) is 6.77. The van der Waals surface area contributed by atoms with Crippen LogP contribution < -0.4 is 23.5 Å². The number of allylic oxidation sites excluding steroid dienone is 1. The fourth-order valence-electron chi connectivity index (χ4n) is 3.05. The quantitative estimate of drug-likeness (QED) is 0.734. The first-order chi connectivity index (χ1) is 13.2. The van der Waals surface area contributed by atoms with E-state index in [4.69, 9.17) is 18.5 Å². The standard InChI is InChI=1S/C19H14ClFO7/c1-12-8-14-9-17-18(26-11-25-17)10-16(14)19(27-12,28-20(22,23)24)7-6-13-2-4-15(21)5-3-13/h2-10H,11H2,1H3. The number of hydrogen-bond acceptors (Lipinski definition) is 7. The zero-order chi connectivity index (χ0) is 19.9. The molecule has 0 aromatic heterocycles. The number of halogens is 2. The first kappa shape index (κ1) is 18.7. The third-order valence-electron chi connectivity index (χ3n) is 4.17. The molecule has 2 heterocycles. The van der Waals surface area contributed by atoms with Gasteiger partial charge >= 0.3 is 5.79 Å². The maximum absolute atomic E-state index is 13.1. The molecule has 0 aliphatic carbocycles. The first-order valence-corrected chi connectivity index (χ1v) is 9.35. The SMILES string of the molecule is CC1=Cc2cc3c(cc2C(C=Cc2ccc(F)cc2)(O[Cl+3]([O-])([O-])[O-])O1)OCO3. The van der Waals surface area contributed by atoms with Gasteiger partial charge in [0.1, 0.15) is 10.1 Å². The van der Waals surface area contributed by atoms with Crippen molar-refractivity contribution >= 4 is 12.2 Å². The van der Waals surface area contributed by atoms with Gasteiger partial charge in [0.2, 0.25) is 6.79 Å². The Morgan fingerprint density at radius 3 is 2.46 bits per heavy atom. The van der Waals surface area contributed by atoms with Crippen molar-refractivity contribution in [3.63, 3.8) is 0 Å². The molecule has 0 amide bonds. The van der Waals surface area contributed by atoms with E-state index in [9.17, 15) is 18.4 Å². The van der Waals surface area contributed by atoms with Gasteiger partial charge in [0.25, 0.3) is 0 Å². The number of fused-ring (bicyclic) bond motifs is 2. The molecule has 0 saturated carbocycles. The summed E-state index contributed by atoms with van der Waals surface area (Å²) in [6, 6.07) is 8.59. The summed E-state index contributed by atoms with van der Waals surface area (Å²) in [4.78, 5) is 0. The maximum atomic E-state index is 13.1. The van der Waals surface area contributed by atoms with Gasteiger partial charge in [0.05, 0.1) is 21.6 Å². The Hall–Kier alpha value is -2.62. The fraction of sp³-hybridized carbons (Fsp3) is 0.158. The molecule has 0 radical (unpaired) electrons. The number of rotatable bonds is 4. The van der Waals surface area contributed by atoms with Crippen LogP contribution in [-0.4, -0.2) is 6.79 Å². The van der Waals surface area contributed by atoms with Gasteiger partial charge < -0.3 is 14.2 Å². The van der Waals surface area contributed by atoms with Crippen molar-refractivity contribution in [3.8, 4) is 11.5 Å². The number of benzene rings is 2. The highest BCUT2D eigenvalue weighted by atomic mass is 35.7. The summed E-state index contributed by atoms with van der Waals surface area (Å²) in [6.07, 6.45) is 4.40. The van der Waals surface area contributed by atoms with Crippen LogP contribution in [0.3, 0.4) is 0 Å². The Labute approximate surface area is 161 Å². The van der Waals surface area contributed by atoms with Crippen LogP contribution >= 0.6 is 0 Å². The predicted octanol–water partition coefficient (Wildman–Crippen LogP) is 0.726. The van der Waals surface area contributed by atoms with Crippen molar-refractivity contribution < 1.29 is 47.1 Å². The van der Waals surface area contributed by atoms with Crippen molar-refractivity contribution in [2.75, 3.05) is 6.79 Å². The van der Waals surface area contributed by atoms with E-state index in [-0.39, 0.29) is 12.4 Å². The van der Waals surface area contributed by atoms with E-state index in [1.165, 1.54) is 42.5 Å². The molecule has 0 spiro atoms. The number of ether oxygens (including phenoxy) is 3. The van der Waals surface area contributed by atoms with E-state index in [1.807, 2.05) is 0 Å². The van der Waals surface area contributed by atoms with Gasteiger partial charge in [-0.3, -0.25) is 0 Å². The summed E-state index contributed by atoms with van der Waals surface area (Å²) in [6.45, 7) is 1.60. The molecule has 146 valence electrons. The number of hydrogen-bond donors (Lipinski definition) is 0. The van der Waals surface area contributed by atoms with Gasteiger partial charge in [0, 0.05) is 6.08 Å². The molecule has 28 heavy (non-hydrogen) atoms. The van der Waals surface area contributed by atoms with Gasteiger partial charge in [-0.15, -0.1) is 0 Å². The minimum absolute atomic E-state index is 0.0131. The monoisotopic (exact) mass is 408 g/mol. The average Bonchev–Trinajstić information content (AvgIpc) is 3.06. The normalized spacial score (nSPS) is 20.7. The van der Waals surface area contributed by atoms with Crippen LogP contribution in [0.1, 0.15) is 23.6 Å². The fourth-order valence-corrected chi connectivity index (χ4v) is 3.50. The minimum atomic E-state index is -4.85. The van der Waals surface area contributed by atoms with Crippen LogP contribution in [-0.2, 0) is 14.8 Å². The van der Waals surface area contributed by atoms with Gasteiger partial charge in [0.15, 0.2) is 11.5 Å². The lowest BCUT2D eigenvalue weighted by atomic mass is 9.94. The summed E-state index contributed by atoms with van der Waals surface area (Å²) < 4.78 is 68.7. The van der Waals surface area contributed by atoms with E-state index in [2.05, 4.69) is 0 Å². The molecule has 7 nitrogen and oxygen atoms in total. The Bertz CT molecular complexity index is 965. The average molecular weight is 409 g/mol. The van der Waals surface area contributed by atoms with Crippen LogP contribution in [0.5, 0.6) is 11.5 Å². The van der Waals surface area contributed by atoms with Gasteiger partial charge in [-0.1, -0.05) is 18.2 Å². The van der Waals surface area contributed by atoms with Crippen LogP contribution in [0.15, 0.2) is 48.2 Å². The van der Waals surface area contributed by atoms with Gasteiger partial charge in [-0.2, -0.15) is 14.0 Å². The summed E-state index contributed by atoms with van der Waals surface area (Å²) in [5.74, 6) is -1.34. The van der Waals surface area contributed by atoms with Gasteiger partial charge in [-0.25, -0.2) is 4.39 Å². The van der Waals surface area contributed by atoms with Crippen molar-refractivity contribution in [1.29, 1.82) is 0 Å². The Kier molecular flexibility index (Phi) is 4.53. The minimum Gasteiger partial charge on any atom is -0.454 e. The third-order valence-corrected chi connectivity index (χ3v) is 4.58. The van der Waals surface area contributed by atoms with E-state index in [1.54, 1.807) is 19.1 Å². The highest BCUT2D eigenvalue weighted by molar-refractivity contribution is 5.66. The maximum Gasteiger partial charge on any atom is 0.408 e. The second-order valence-electron chi connectivity index (χ2n) is 6.16.